The lowest BCUT2D eigenvalue weighted by molar-refractivity contribution is 0.306. The van der Waals surface area contributed by atoms with Crippen LogP contribution in [0.15, 0.2) is 94.6 Å². The van der Waals surface area contributed by atoms with Gasteiger partial charge in [0.15, 0.2) is 0 Å². The zero-order valence-corrected chi connectivity index (χ0v) is 20.2. The number of aromatic nitrogens is 4. The fraction of sp³-hybridized carbons (Fsp3) is 0.207. The van der Waals surface area contributed by atoms with Crippen LogP contribution in [0, 0.1) is 0 Å². The monoisotopic (exact) mass is 480 g/mol. The minimum atomic E-state index is -0.177. The Hall–Kier alpha value is -4.39. The number of benzene rings is 2. The lowest BCUT2D eigenvalue weighted by atomic mass is 10.1. The van der Waals surface area contributed by atoms with Gasteiger partial charge in [0.25, 0.3) is 11.1 Å². The van der Waals surface area contributed by atoms with Gasteiger partial charge in [0.1, 0.15) is 12.4 Å². The Morgan fingerprint density at radius 3 is 2.44 bits per heavy atom. The van der Waals surface area contributed by atoms with E-state index in [0.29, 0.717) is 41.9 Å². The molecule has 7 nitrogen and oxygen atoms in total. The number of hydrogen-bond acceptors (Lipinski definition) is 4. The van der Waals surface area contributed by atoms with Crippen LogP contribution < -0.4 is 15.9 Å². The average molecular weight is 481 g/mol. The van der Waals surface area contributed by atoms with Crippen LogP contribution in [0.5, 0.6) is 5.75 Å². The highest BCUT2D eigenvalue weighted by molar-refractivity contribution is 5.81. The Kier molecular flexibility index (Phi) is 6.80. The summed E-state index contributed by atoms with van der Waals surface area (Å²) in [5.74, 6) is 0.713. The molecule has 0 unspecified atom stereocenters. The number of fused-ring (bicyclic) bond motifs is 1. The van der Waals surface area contributed by atoms with Gasteiger partial charge in [0.05, 0.1) is 28.8 Å². The average Bonchev–Trinajstić information content (AvgIpc) is 3.24. The third-order valence-electron chi connectivity index (χ3n) is 6.22. The predicted molar refractivity (Wildman–Crippen MR) is 141 cm³/mol. The molecule has 2 aromatic carbocycles. The number of hydrogen-bond donors (Lipinski definition) is 1. The zero-order valence-electron chi connectivity index (χ0n) is 20.2. The van der Waals surface area contributed by atoms with E-state index in [1.807, 2.05) is 72.8 Å². The highest BCUT2D eigenvalue weighted by Gasteiger charge is 2.18. The van der Waals surface area contributed by atoms with E-state index in [9.17, 15) is 9.59 Å². The first-order valence-electron chi connectivity index (χ1n) is 12.2. The summed E-state index contributed by atoms with van der Waals surface area (Å²) < 4.78 is 9.05. The molecule has 7 heteroatoms. The number of pyridine rings is 2. The molecule has 0 bridgehead atoms. The summed E-state index contributed by atoms with van der Waals surface area (Å²) in [6.07, 6.45) is 4.17. The van der Waals surface area contributed by atoms with Gasteiger partial charge in [-0.05, 0) is 54.8 Å². The van der Waals surface area contributed by atoms with Crippen LogP contribution in [0.1, 0.15) is 36.7 Å². The lowest BCUT2D eigenvalue weighted by Crippen LogP contribution is -2.25. The molecule has 5 aromatic rings. The number of ether oxygens (including phenoxy) is 1. The van der Waals surface area contributed by atoms with Crippen LogP contribution in [0.2, 0.25) is 0 Å². The van der Waals surface area contributed by atoms with Crippen molar-refractivity contribution in [1.82, 2.24) is 19.3 Å². The Bertz CT molecular complexity index is 1570. The van der Waals surface area contributed by atoms with Gasteiger partial charge in [-0.3, -0.25) is 19.7 Å². The molecule has 1 N–H and O–H groups in total. The van der Waals surface area contributed by atoms with Gasteiger partial charge in [-0.15, -0.1) is 0 Å². The number of H-pyrrole nitrogens is 1. The first-order chi connectivity index (χ1) is 17.6. The first kappa shape index (κ1) is 23.4. The normalized spacial score (nSPS) is 11.1. The van der Waals surface area contributed by atoms with Crippen molar-refractivity contribution < 1.29 is 4.74 Å². The van der Waals surface area contributed by atoms with Crippen LogP contribution in [0.4, 0.5) is 0 Å². The Morgan fingerprint density at radius 1 is 0.944 bits per heavy atom. The number of nitrogens with one attached hydrogen (secondary N) is 1. The second kappa shape index (κ2) is 10.5. The fourth-order valence-electron chi connectivity index (χ4n) is 4.35. The van der Waals surface area contributed by atoms with Crippen molar-refractivity contribution >= 4 is 10.9 Å². The van der Waals surface area contributed by atoms with E-state index in [0.717, 1.165) is 29.8 Å². The zero-order chi connectivity index (χ0) is 24.9. The molecule has 0 saturated heterocycles. The van der Waals surface area contributed by atoms with E-state index in [2.05, 4.69) is 17.0 Å². The Morgan fingerprint density at radius 2 is 1.72 bits per heavy atom. The van der Waals surface area contributed by atoms with Gasteiger partial charge >= 0.3 is 0 Å². The molecule has 0 aliphatic rings. The molecule has 182 valence electrons. The maximum Gasteiger partial charge on any atom is 0.280 e. The van der Waals surface area contributed by atoms with E-state index in [1.54, 1.807) is 10.8 Å². The van der Waals surface area contributed by atoms with Crippen LogP contribution in [-0.2, 0) is 19.6 Å². The minimum Gasteiger partial charge on any atom is -0.489 e. The van der Waals surface area contributed by atoms with E-state index in [-0.39, 0.29) is 11.1 Å². The second-order valence-electron chi connectivity index (χ2n) is 8.75. The van der Waals surface area contributed by atoms with Gasteiger partial charge in [-0.25, -0.2) is 4.68 Å². The van der Waals surface area contributed by atoms with Gasteiger partial charge in [-0.2, -0.15) is 0 Å². The number of rotatable bonds is 9. The molecule has 3 aromatic heterocycles. The Balaban J connectivity index is 1.50. The van der Waals surface area contributed by atoms with E-state index < -0.39 is 0 Å². The number of aromatic amines is 1. The van der Waals surface area contributed by atoms with Crippen LogP contribution >= 0.6 is 0 Å². The second-order valence-corrected chi connectivity index (χ2v) is 8.75. The minimum absolute atomic E-state index is 0.155. The van der Waals surface area contributed by atoms with Gasteiger partial charge in [0, 0.05) is 18.0 Å². The van der Waals surface area contributed by atoms with Crippen LogP contribution in [0.25, 0.3) is 16.6 Å². The highest BCUT2D eigenvalue weighted by atomic mass is 16.5. The smallest absolute Gasteiger partial charge is 0.280 e. The summed E-state index contributed by atoms with van der Waals surface area (Å²) >= 11 is 0. The van der Waals surface area contributed by atoms with Crippen molar-refractivity contribution in [3.05, 3.63) is 123 Å². The molecule has 0 aliphatic carbocycles. The van der Waals surface area contributed by atoms with Crippen LogP contribution in [0.3, 0.4) is 0 Å². The van der Waals surface area contributed by atoms with Gasteiger partial charge in [-0.1, -0.05) is 49.7 Å². The van der Waals surface area contributed by atoms with Gasteiger partial charge < -0.3 is 9.30 Å². The SMILES string of the molecule is CCCCc1c2c(=O)n(-c3ccc(OCc4ccccc4)cc3)[nH]c2cc(=O)n1Cc1ccccn1. The van der Waals surface area contributed by atoms with Crippen molar-refractivity contribution in [2.24, 2.45) is 0 Å². The Labute approximate surface area is 208 Å². The number of aryl methyl sites for hydroxylation is 1. The largest absolute Gasteiger partial charge is 0.489 e. The third-order valence-corrected chi connectivity index (χ3v) is 6.22. The van der Waals surface area contributed by atoms with Gasteiger partial charge in [0.2, 0.25) is 0 Å². The maximum absolute atomic E-state index is 13.6. The number of nitrogens with zero attached hydrogens (tertiary/aromatic N) is 3. The topological polar surface area (TPSA) is 81.9 Å². The number of unbranched alkanes of at least 4 members (excludes halogenated alkanes) is 1. The van der Waals surface area contributed by atoms with Crippen molar-refractivity contribution in [2.45, 2.75) is 39.3 Å². The molecule has 0 fully saturated rings. The molecule has 3 heterocycles. The lowest BCUT2D eigenvalue weighted by Gasteiger charge is -2.13. The van der Waals surface area contributed by atoms with Crippen molar-refractivity contribution in [3.8, 4) is 11.4 Å². The van der Waals surface area contributed by atoms with Crippen LogP contribution in [-0.4, -0.2) is 19.3 Å². The van der Waals surface area contributed by atoms with Crippen molar-refractivity contribution in [2.75, 3.05) is 0 Å². The molecule has 0 amide bonds. The van der Waals surface area contributed by atoms with E-state index >= 15 is 0 Å². The summed E-state index contributed by atoms with van der Waals surface area (Å²) in [5, 5.41) is 3.69. The standard InChI is InChI=1S/C29H28N4O3/c1-2-3-12-26-28-25(18-27(34)32(26)19-22-11-7-8-17-30-22)31-33(29(28)35)23-13-15-24(16-14-23)36-20-21-9-5-4-6-10-21/h4-11,13-18,31H,2-3,12,19-20H2,1H3. The molecule has 36 heavy (non-hydrogen) atoms. The summed E-state index contributed by atoms with van der Waals surface area (Å²) in [6.45, 7) is 2.89. The molecule has 0 spiro atoms. The molecule has 0 radical (unpaired) electrons. The summed E-state index contributed by atoms with van der Waals surface area (Å²) in [7, 11) is 0. The predicted octanol–water partition coefficient (Wildman–Crippen LogP) is 4.85. The van der Waals surface area contributed by atoms with E-state index in [4.69, 9.17) is 4.74 Å². The molecular weight excluding hydrogens is 452 g/mol. The fourth-order valence-corrected chi connectivity index (χ4v) is 4.35. The van der Waals surface area contributed by atoms with Crippen molar-refractivity contribution in [3.63, 3.8) is 0 Å². The highest BCUT2D eigenvalue weighted by Crippen LogP contribution is 2.20. The van der Waals surface area contributed by atoms with E-state index in [1.165, 1.54) is 10.7 Å². The third kappa shape index (κ3) is 4.86. The summed E-state index contributed by atoms with van der Waals surface area (Å²) in [6, 6.07) is 24.4. The molecule has 5 rings (SSSR count). The first-order valence-corrected chi connectivity index (χ1v) is 12.2. The summed E-state index contributed by atoms with van der Waals surface area (Å²) in [5.41, 5.74) is 3.49. The quantitative estimate of drug-likeness (QED) is 0.327. The maximum atomic E-state index is 13.6. The molecule has 0 saturated carbocycles. The molecule has 0 atom stereocenters. The molecular formula is C29H28N4O3. The summed E-state index contributed by atoms with van der Waals surface area (Å²) in [4.78, 5) is 31.1. The molecule has 0 aliphatic heterocycles. The van der Waals surface area contributed by atoms with Crippen molar-refractivity contribution in [1.29, 1.82) is 0 Å².